The molecule has 9 heteroatoms. The highest BCUT2D eigenvalue weighted by Crippen LogP contribution is 2.43. The first-order chi connectivity index (χ1) is 20.5. The Kier molecular flexibility index (Phi) is 27.1. The highest BCUT2D eigenvalue weighted by molar-refractivity contribution is 7.47. The van der Waals surface area contributed by atoms with Crippen molar-refractivity contribution < 1.29 is 32.9 Å². The molecule has 43 heavy (non-hydrogen) atoms. The molecule has 0 aromatic rings. The molecule has 0 aromatic carbocycles. The van der Waals surface area contributed by atoms with E-state index in [1.54, 1.807) is 6.08 Å². The average molecular weight is 634 g/mol. The van der Waals surface area contributed by atoms with Crippen LogP contribution in [0.2, 0.25) is 0 Å². The molecule has 0 saturated carbocycles. The second-order valence-electron chi connectivity index (χ2n) is 13.3. The van der Waals surface area contributed by atoms with Crippen molar-refractivity contribution in [3.05, 3.63) is 12.2 Å². The number of hydrogen-bond donors (Lipinski definition) is 3. The number of nitrogens with one attached hydrogen (secondary N) is 1. The number of nitrogens with zero attached hydrogens (tertiary/aromatic N) is 1. The number of phosphoric acid groups is 1. The van der Waals surface area contributed by atoms with Gasteiger partial charge in [-0.15, -0.1) is 0 Å². The maximum absolute atomic E-state index is 12.6. The second-order valence-corrected chi connectivity index (χ2v) is 14.7. The van der Waals surface area contributed by atoms with E-state index >= 15 is 0 Å². The van der Waals surface area contributed by atoms with Crippen molar-refractivity contribution in [3.8, 4) is 0 Å². The maximum Gasteiger partial charge on any atom is 0.472 e. The summed E-state index contributed by atoms with van der Waals surface area (Å²) in [4.78, 5) is 22.7. The number of allylic oxidation sites excluding steroid dienone is 1. The Labute approximate surface area is 265 Å². The van der Waals surface area contributed by atoms with Gasteiger partial charge >= 0.3 is 7.82 Å². The minimum atomic E-state index is -4.31. The Bertz CT molecular complexity index is 728. The number of aliphatic hydroxyl groups excluding tert-OH is 1. The van der Waals surface area contributed by atoms with E-state index in [-0.39, 0.29) is 19.1 Å². The van der Waals surface area contributed by atoms with E-state index in [9.17, 15) is 19.4 Å². The number of unbranched alkanes of at least 4 members (excludes halogenated alkanes) is 18. The molecule has 1 amide bonds. The predicted octanol–water partition coefficient (Wildman–Crippen LogP) is 8.46. The average Bonchev–Trinajstić information content (AvgIpc) is 2.94. The van der Waals surface area contributed by atoms with E-state index in [0.29, 0.717) is 17.4 Å². The number of aliphatic hydroxyl groups is 1. The summed E-state index contributed by atoms with van der Waals surface area (Å²) in [6.07, 6.45) is 27.2. The third-order valence-electron chi connectivity index (χ3n) is 7.76. The number of carbonyl (C=O) groups excluding carboxylic acids is 1. The summed E-state index contributed by atoms with van der Waals surface area (Å²) in [5.74, 6) is -0.188. The summed E-state index contributed by atoms with van der Waals surface area (Å²) in [6.45, 7) is 4.72. The summed E-state index contributed by atoms with van der Waals surface area (Å²) in [6, 6.07) is -0.835. The molecular formula is C34H70N2O6P+. The predicted molar refractivity (Wildman–Crippen MR) is 180 cm³/mol. The smallest absolute Gasteiger partial charge is 0.387 e. The summed E-state index contributed by atoms with van der Waals surface area (Å²) < 4.78 is 23.3. The van der Waals surface area contributed by atoms with Crippen LogP contribution >= 0.6 is 7.82 Å². The molecule has 0 aliphatic heterocycles. The third kappa shape index (κ3) is 29.7. The summed E-state index contributed by atoms with van der Waals surface area (Å²) in [5.41, 5.74) is 0. The lowest BCUT2D eigenvalue weighted by Crippen LogP contribution is -2.45. The molecule has 0 aromatic heterocycles. The van der Waals surface area contributed by atoms with Gasteiger partial charge in [0, 0.05) is 6.42 Å². The van der Waals surface area contributed by atoms with E-state index in [0.717, 1.165) is 38.5 Å². The molecule has 0 radical (unpaired) electrons. The van der Waals surface area contributed by atoms with Crippen LogP contribution in [0.3, 0.4) is 0 Å². The van der Waals surface area contributed by atoms with Gasteiger partial charge in [0.15, 0.2) is 0 Å². The van der Waals surface area contributed by atoms with E-state index in [4.69, 9.17) is 9.05 Å². The zero-order chi connectivity index (χ0) is 32.2. The Hall–Kier alpha value is -0.760. The van der Waals surface area contributed by atoms with Crippen LogP contribution < -0.4 is 5.32 Å². The van der Waals surface area contributed by atoms with Crippen molar-refractivity contribution in [1.29, 1.82) is 0 Å². The summed E-state index contributed by atoms with van der Waals surface area (Å²) in [5, 5.41) is 13.6. The van der Waals surface area contributed by atoms with Gasteiger partial charge in [0.1, 0.15) is 13.2 Å². The lowest BCUT2D eigenvalue weighted by molar-refractivity contribution is -0.870. The minimum Gasteiger partial charge on any atom is -0.387 e. The van der Waals surface area contributed by atoms with Gasteiger partial charge in [-0.05, 0) is 19.3 Å². The molecule has 3 N–H and O–H groups in total. The Morgan fingerprint density at radius 3 is 1.72 bits per heavy atom. The number of hydrogen-bond acceptors (Lipinski definition) is 5. The molecular weight excluding hydrogens is 563 g/mol. The number of rotatable bonds is 31. The van der Waals surface area contributed by atoms with Gasteiger partial charge in [0.25, 0.3) is 0 Å². The molecule has 0 heterocycles. The fraction of sp³-hybridized carbons (Fsp3) is 0.912. The molecule has 0 spiro atoms. The number of carbonyl (C=O) groups is 1. The molecule has 256 valence electrons. The summed E-state index contributed by atoms with van der Waals surface area (Å²) in [7, 11) is 1.57. The van der Waals surface area contributed by atoms with Crippen molar-refractivity contribution in [3.63, 3.8) is 0 Å². The molecule has 0 bridgehead atoms. The van der Waals surface area contributed by atoms with Crippen molar-refractivity contribution in [2.45, 2.75) is 161 Å². The highest BCUT2D eigenvalue weighted by atomic mass is 31.2. The number of likely N-dealkylation sites (N-methyl/N-ethyl adjacent to an activating group) is 1. The van der Waals surface area contributed by atoms with Crippen LogP contribution in [0, 0.1) is 0 Å². The lowest BCUT2D eigenvalue weighted by atomic mass is 10.0. The number of amides is 1. The van der Waals surface area contributed by atoms with Crippen molar-refractivity contribution in [1.82, 2.24) is 5.32 Å². The largest absolute Gasteiger partial charge is 0.472 e. The molecule has 0 fully saturated rings. The first-order valence-corrected chi connectivity index (χ1v) is 19.1. The van der Waals surface area contributed by atoms with Gasteiger partial charge in [-0.2, -0.15) is 0 Å². The topological polar surface area (TPSA) is 105 Å². The Balaban J connectivity index is 4.49. The monoisotopic (exact) mass is 633 g/mol. The normalized spacial score (nSPS) is 15.0. The first kappa shape index (κ1) is 42.2. The van der Waals surface area contributed by atoms with Crippen molar-refractivity contribution >= 4 is 13.7 Å². The second kappa shape index (κ2) is 27.5. The van der Waals surface area contributed by atoms with Crippen molar-refractivity contribution in [2.24, 2.45) is 0 Å². The maximum atomic E-state index is 12.6. The van der Waals surface area contributed by atoms with Crippen LogP contribution in [0.1, 0.15) is 149 Å². The van der Waals surface area contributed by atoms with Gasteiger partial charge in [-0.3, -0.25) is 13.8 Å². The van der Waals surface area contributed by atoms with E-state index in [1.807, 2.05) is 27.2 Å². The highest BCUT2D eigenvalue weighted by Gasteiger charge is 2.27. The van der Waals surface area contributed by atoms with Gasteiger partial charge in [-0.25, -0.2) is 4.57 Å². The molecule has 0 aliphatic carbocycles. The van der Waals surface area contributed by atoms with Crippen LogP contribution in [-0.2, 0) is 18.4 Å². The molecule has 8 nitrogen and oxygen atoms in total. The van der Waals surface area contributed by atoms with Crippen molar-refractivity contribution in [2.75, 3.05) is 40.9 Å². The van der Waals surface area contributed by atoms with E-state index < -0.39 is 20.0 Å². The quantitative estimate of drug-likeness (QED) is 0.0306. The summed E-state index contributed by atoms with van der Waals surface area (Å²) >= 11 is 0. The van der Waals surface area contributed by atoms with Gasteiger partial charge in [-0.1, -0.05) is 135 Å². The van der Waals surface area contributed by atoms with Crippen LogP contribution in [-0.4, -0.2) is 73.4 Å². The van der Waals surface area contributed by atoms with Crippen LogP contribution in [0.15, 0.2) is 12.2 Å². The van der Waals surface area contributed by atoms with E-state index in [1.165, 1.54) is 89.9 Å². The van der Waals surface area contributed by atoms with Crippen LogP contribution in [0.5, 0.6) is 0 Å². The van der Waals surface area contributed by atoms with Crippen LogP contribution in [0.4, 0.5) is 0 Å². The molecule has 3 atom stereocenters. The zero-order valence-corrected chi connectivity index (χ0v) is 29.6. The molecule has 0 aliphatic rings. The standard InChI is InChI=1S/C34H69N2O6P/c1-6-8-10-12-14-15-16-17-18-19-20-21-22-23-25-27-33(37)32(35-34(38)28-26-24-13-11-9-7-2)31-42-43(39,40)41-30-29-36(3,4)5/h25,27,32-33,37H,6-24,26,28-31H2,1-5H3,(H-,35,38,39,40)/p+1/b27-25+. The van der Waals surface area contributed by atoms with Gasteiger partial charge in [0.2, 0.25) is 5.91 Å². The van der Waals surface area contributed by atoms with Gasteiger partial charge < -0.3 is 19.8 Å². The number of quaternary nitrogens is 1. The van der Waals surface area contributed by atoms with Gasteiger partial charge in [0.05, 0.1) is 39.9 Å². The Morgan fingerprint density at radius 1 is 0.767 bits per heavy atom. The molecule has 0 rings (SSSR count). The first-order valence-electron chi connectivity index (χ1n) is 17.6. The van der Waals surface area contributed by atoms with Crippen LogP contribution in [0.25, 0.3) is 0 Å². The zero-order valence-electron chi connectivity index (χ0n) is 28.7. The fourth-order valence-corrected chi connectivity index (χ4v) is 5.60. The SMILES string of the molecule is CCCCCCCCCCCCCCC/C=C/C(O)C(COP(=O)(O)OCC[N+](C)(C)C)NC(=O)CCCCCCCC. The molecule has 3 unspecified atom stereocenters. The third-order valence-corrected chi connectivity index (χ3v) is 8.74. The lowest BCUT2D eigenvalue weighted by Gasteiger charge is -2.25. The molecule has 0 saturated heterocycles. The Morgan fingerprint density at radius 2 is 1.23 bits per heavy atom. The number of phosphoric ester groups is 1. The fourth-order valence-electron chi connectivity index (χ4n) is 4.86. The minimum absolute atomic E-state index is 0.0634. The van der Waals surface area contributed by atoms with E-state index in [2.05, 4.69) is 19.2 Å².